The summed E-state index contributed by atoms with van der Waals surface area (Å²) >= 11 is 0. The molecule has 0 spiro atoms. The highest BCUT2D eigenvalue weighted by Crippen LogP contribution is 2.23. The number of rotatable bonds is 5. The van der Waals surface area contributed by atoms with Crippen molar-refractivity contribution in [3.8, 4) is 5.69 Å². The van der Waals surface area contributed by atoms with E-state index < -0.39 is 0 Å². The molecule has 0 saturated carbocycles. The van der Waals surface area contributed by atoms with Gasteiger partial charge in [-0.05, 0) is 42.2 Å². The molecule has 0 amide bonds. The Morgan fingerprint density at radius 1 is 0.806 bits per heavy atom. The third kappa shape index (κ3) is 3.87. The number of hydrogen-bond acceptors (Lipinski definition) is 2. The normalized spacial score (nSPS) is 13.8. The Morgan fingerprint density at radius 2 is 1.48 bits per heavy atom. The molecule has 0 N–H and O–H groups in total. The van der Waals surface area contributed by atoms with Crippen LogP contribution in [0.4, 0.5) is 0 Å². The zero-order valence-corrected chi connectivity index (χ0v) is 17.9. The van der Waals surface area contributed by atoms with Crippen LogP contribution in [0.1, 0.15) is 27.9 Å². The van der Waals surface area contributed by atoms with Crippen molar-refractivity contribution >= 4 is 0 Å². The molecule has 1 aliphatic rings. The average molecular weight is 410 g/mol. The Labute approximate surface area is 183 Å². The van der Waals surface area contributed by atoms with Crippen molar-refractivity contribution in [1.29, 1.82) is 0 Å². The van der Waals surface area contributed by atoms with E-state index in [0.717, 1.165) is 43.0 Å². The minimum atomic E-state index is 0.118. The third-order valence-corrected chi connectivity index (χ3v) is 6.23. The summed E-state index contributed by atoms with van der Waals surface area (Å²) in [6, 6.07) is 29.0. The lowest BCUT2D eigenvalue weighted by atomic mass is 10.0. The molecule has 0 saturated heterocycles. The Kier molecular flexibility index (Phi) is 5.31. The fourth-order valence-corrected chi connectivity index (χ4v) is 4.54. The molecule has 0 atom stereocenters. The highest BCUT2D eigenvalue weighted by molar-refractivity contribution is 5.35. The van der Waals surface area contributed by atoms with Crippen molar-refractivity contribution in [2.75, 3.05) is 6.54 Å². The Hall–Kier alpha value is -3.37. The minimum absolute atomic E-state index is 0.118. The average Bonchev–Trinajstić information content (AvgIpc) is 3.07. The largest absolute Gasteiger partial charge is 0.293 e. The van der Waals surface area contributed by atoms with Crippen molar-refractivity contribution < 1.29 is 0 Å². The molecule has 156 valence electrons. The van der Waals surface area contributed by atoms with Gasteiger partial charge in [0, 0.05) is 25.2 Å². The molecular weight excluding hydrogens is 382 g/mol. The Balaban J connectivity index is 1.56. The van der Waals surface area contributed by atoms with Crippen LogP contribution >= 0.6 is 0 Å². The lowest BCUT2D eigenvalue weighted by molar-refractivity contribution is 0.236. The van der Waals surface area contributed by atoms with E-state index in [1.54, 1.807) is 0 Å². The molecule has 1 aliphatic heterocycles. The van der Waals surface area contributed by atoms with Crippen LogP contribution in [0.3, 0.4) is 0 Å². The summed E-state index contributed by atoms with van der Waals surface area (Å²) < 4.78 is 4.06. The topological polar surface area (TPSA) is 30.2 Å². The molecule has 0 unspecified atom stereocenters. The first-order chi connectivity index (χ1) is 15.2. The number of fused-ring (bicyclic) bond motifs is 1. The van der Waals surface area contributed by atoms with Gasteiger partial charge in [0.15, 0.2) is 0 Å². The van der Waals surface area contributed by atoms with Crippen LogP contribution in [-0.4, -0.2) is 20.8 Å². The maximum absolute atomic E-state index is 13.5. The molecule has 4 nitrogen and oxygen atoms in total. The second kappa shape index (κ2) is 8.40. The quantitative estimate of drug-likeness (QED) is 0.484. The highest BCUT2D eigenvalue weighted by Gasteiger charge is 2.27. The molecule has 0 fully saturated rings. The number of hydrogen-bond donors (Lipinski definition) is 0. The van der Waals surface area contributed by atoms with E-state index in [1.807, 2.05) is 41.1 Å². The number of benzene rings is 3. The van der Waals surface area contributed by atoms with Crippen molar-refractivity contribution in [2.24, 2.45) is 0 Å². The van der Waals surface area contributed by atoms with Gasteiger partial charge in [0.1, 0.15) is 0 Å². The van der Waals surface area contributed by atoms with Gasteiger partial charge < -0.3 is 0 Å². The highest BCUT2D eigenvalue weighted by atomic mass is 16.1. The predicted octanol–water partition coefficient (Wildman–Crippen LogP) is 4.55. The van der Waals surface area contributed by atoms with Crippen molar-refractivity contribution in [3.63, 3.8) is 0 Å². The fourth-order valence-electron chi connectivity index (χ4n) is 4.54. The van der Waals surface area contributed by atoms with E-state index >= 15 is 0 Å². The molecule has 4 heteroatoms. The first-order valence-electron chi connectivity index (χ1n) is 10.9. The molecule has 3 aromatic carbocycles. The van der Waals surface area contributed by atoms with Gasteiger partial charge in [-0.1, -0.05) is 72.8 Å². The predicted molar refractivity (Wildman–Crippen MR) is 125 cm³/mol. The van der Waals surface area contributed by atoms with Crippen molar-refractivity contribution in [1.82, 2.24) is 14.3 Å². The van der Waals surface area contributed by atoms with Gasteiger partial charge in [-0.15, -0.1) is 0 Å². The SMILES string of the molecule is Cc1ccccc1CN1CCc2c(n(Cc3ccccc3)n(-c3ccccc3)c2=O)C1. The van der Waals surface area contributed by atoms with Crippen LogP contribution in [0.5, 0.6) is 0 Å². The van der Waals surface area contributed by atoms with E-state index in [-0.39, 0.29) is 5.56 Å². The first-order valence-corrected chi connectivity index (χ1v) is 10.9. The Bertz CT molecular complexity index is 1240. The van der Waals surface area contributed by atoms with Crippen LogP contribution in [0, 0.1) is 6.92 Å². The summed E-state index contributed by atoms with van der Waals surface area (Å²) in [5, 5.41) is 0. The smallest absolute Gasteiger partial charge is 0.274 e. The van der Waals surface area contributed by atoms with Crippen LogP contribution in [-0.2, 0) is 26.1 Å². The van der Waals surface area contributed by atoms with E-state index in [9.17, 15) is 4.79 Å². The monoisotopic (exact) mass is 409 g/mol. The summed E-state index contributed by atoms with van der Waals surface area (Å²) in [6.07, 6.45) is 0.786. The molecule has 0 radical (unpaired) electrons. The summed E-state index contributed by atoms with van der Waals surface area (Å²) in [5.41, 5.74) is 7.00. The molecule has 5 rings (SSSR count). The zero-order chi connectivity index (χ0) is 21.2. The lowest BCUT2D eigenvalue weighted by Crippen LogP contribution is -2.32. The standard InChI is InChI=1S/C27H27N3O/c1-21-10-8-9-13-23(21)19-28-17-16-25-26(20-28)29(18-22-11-4-2-5-12-22)30(27(25)31)24-14-6-3-7-15-24/h2-15H,16-20H2,1H3. The number of aryl methyl sites for hydroxylation is 1. The molecule has 2 heterocycles. The maximum Gasteiger partial charge on any atom is 0.274 e. The fraction of sp³-hybridized carbons (Fsp3) is 0.222. The molecule has 31 heavy (non-hydrogen) atoms. The van der Waals surface area contributed by atoms with E-state index in [4.69, 9.17) is 0 Å². The summed E-state index contributed by atoms with van der Waals surface area (Å²) in [7, 11) is 0. The number of para-hydroxylation sites is 1. The van der Waals surface area contributed by atoms with Gasteiger partial charge in [-0.2, -0.15) is 0 Å². The van der Waals surface area contributed by atoms with Crippen LogP contribution in [0.25, 0.3) is 5.69 Å². The lowest BCUT2D eigenvalue weighted by Gasteiger charge is -2.28. The van der Waals surface area contributed by atoms with Crippen molar-refractivity contribution in [2.45, 2.75) is 33.0 Å². The minimum Gasteiger partial charge on any atom is -0.293 e. The van der Waals surface area contributed by atoms with Gasteiger partial charge in [0.05, 0.1) is 17.9 Å². The van der Waals surface area contributed by atoms with E-state index in [1.165, 1.54) is 16.7 Å². The van der Waals surface area contributed by atoms with Crippen LogP contribution < -0.4 is 5.56 Å². The van der Waals surface area contributed by atoms with Crippen LogP contribution in [0.15, 0.2) is 89.7 Å². The molecule has 0 bridgehead atoms. The second-order valence-corrected chi connectivity index (χ2v) is 8.31. The first kappa shape index (κ1) is 19.6. The molecule has 4 aromatic rings. The zero-order valence-electron chi connectivity index (χ0n) is 17.9. The van der Waals surface area contributed by atoms with Gasteiger partial charge >= 0.3 is 0 Å². The Morgan fingerprint density at radius 3 is 2.23 bits per heavy atom. The van der Waals surface area contributed by atoms with Gasteiger partial charge in [-0.3, -0.25) is 14.4 Å². The molecule has 1 aromatic heterocycles. The summed E-state index contributed by atoms with van der Waals surface area (Å²) in [4.78, 5) is 15.9. The number of nitrogens with zero attached hydrogens (tertiary/aromatic N) is 3. The summed E-state index contributed by atoms with van der Waals surface area (Å²) in [5.74, 6) is 0. The summed E-state index contributed by atoms with van der Waals surface area (Å²) in [6.45, 7) is 5.44. The second-order valence-electron chi connectivity index (χ2n) is 8.31. The van der Waals surface area contributed by atoms with Gasteiger partial charge in [-0.25, -0.2) is 4.68 Å². The third-order valence-electron chi connectivity index (χ3n) is 6.23. The van der Waals surface area contributed by atoms with Gasteiger partial charge in [0.2, 0.25) is 0 Å². The van der Waals surface area contributed by atoms with Gasteiger partial charge in [0.25, 0.3) is 5.56 Å². The maximum atomic E-state index is 13.5. The van der Waals surface area contributed by atoms with E-state index in [2.05, 4.69) is 65.0 Å². The number of aromatic nitrogens is 2. The molecular formula is C27H27N3O. The molecule has 0 aliphatic carbocycles. The van der Waals surface area contributed by atoms with E-state index in [0.29, 0.717) is 6.54 Å². The van der Waals surface area contributed by atoms with Crippen molar-refractivity contribution in [3.05, 3.63) is 123 Å². The van der Waals surface area contributed by atoms with Crippen LogP contribution in [0.2, 0.25) is 0 Å².